The Hall–Kier alpha value is -1.99. The highest BCUT2D eigenvalue weighted by atomic mass is 14.9. The van der Waals surface area contributed by atoms with Gasteiger partial charge in [-0.1, -0.05) is 18.2 Å². The molecule has 0 aliphatic carbocycles. The maximum absolute atomic E-state index is 9.56. The van der Waals surface area contributed by atoms with Gasteiger partial charge in [0.2, 0.25) is 0 Å². The minimum atomic E-state index is -0.130. The molecule has 1 aliphatic rings. The number of hydrogen-bond acceptors (Lipinski definition) is 4. The van der Waals surface area contributed by atoms with E-state index in [1.165, 1.54) is 0 Å². The molecule has 0 spiro atoms. The van der Waals surface area contributed by atoms with E-state index in [0.717, 1.165) is 42.5 Å². The third-order valence-electron chi connectivity index (χ3n) is 3.86. The van der Waals surface area contributed by atoms with Gasteiger partial charge in [0.15, 0.2) is 0 Å². The summed E-state index contributed by atoms with van der Waals surface area (Å²) in [7, 11) is 0. The Morgan fingerprint density at radius 1 is 1.21 bits per heavy atom. The number of fused-ring (bicyclic) bond motifs is 1. The van der Waals surface area contributed by atoms with Gasteiger partial charge in [-0.2, -0.15) is 5.26 Å². The van der Waals surface area contributed by atoms with Crippen LogP contribution in [-0.4, -0.2) is 23.1 Å². The summed E-state index contributed by atoms with van der Waals surface area (Å²) in [6.45, 7) is 1.98. The lowest BCUT2D eigenvalue weighted by Gasteiger charge is -2.26. The molecule has 4 heteroatoms. The van der Waals surface area contributed by atoms with Crippen LogP contribution in [0.4, 0.5) is 0 Å². The SMILES string of the molecule is N#CC(c1ncnc2ccccc12)C1CCNCC1. The van der Waals surface area contributed by atoms with Crippen molar-refractivity contribution in [2.24, 2.45) is 5.92 Å². The van der Waals surface area contributed by atoms with E-state index in [0.29, 0.717) is 5.92 Å². The van der Waals surface area contributed by atoms with Gasteiger partial charge in [0, 0.05) is 5.39 Å². The van der Waals surface area contributed by atoms with Crippen LogP contribution in [0.5, 0.6) is 0 Å². The zero-order valence-electron chi connectivity index (χ0n) is 10.7. The van der Waals surface area contributed by atoms with E-state index in [-0.39, 0.29) is 5.92 Å². The van der Waals surface area contributed by atoms with Gasteiger partial charge in [-0.3, -0.25) is 0 Å². The summed E-state index contributed by atoms with van der Waals surface area (Å²) in [6, 6.07) is 10.4. The lowest BCUT2D eigenvalue weighted by molar-refractivity contribution is 0.348. The van der Waals surface area contributed by atoms with Crippen LogP contribution in [0.2, 0.25) is 0 Å². The predicted octanol–water partition coefficient (Wildman–Crippen LogP) is 2.24. The van der Waals surface area contributed by atoms with Crippen molar-refractivity contribution in [1.82, 2.24) is 15.3 Å². The molecule has 3 rings (SSSR count). The smallest absolute Gasteiger partial charge is 0.116 e. The standard InChI is InChI=1S/C15H16N4/c16-9-13(11-5-7-17-8-6-11)15-12-3-1-2-4-14(12)18-10-19-15/h1-4,10-11,13,17H,5-8H2. The quantitative estimate of drug-likeness (QED) is 0.890. The van der Waals surface area contributed by atoms with Crippen LogP contribution in [0.1, 0.15) is 24.5 Å². The summed E-state index contributed by atoms with van der Waals surface area (Å²) in [6.07, 6.45) is 3.65. The Morgan fingerprint density at radius 2 is 2.00 bits per heavy atom. The fourth-order valence-corrected chi connectivity index (χ4v) is 2.84. The minimum Gasteiger partial charge on any atom is -0.317 e. The van der Waals surface area contributed by atoms with Crippen LogP contribution in [0.25, 0.3) is 10.9 Å². The second-order valence-corrected chi connectivity index (χ2v) is 4.97. The molecule has 0 radical (unpaired) electrons. The molecule has 0 saturated carbocycles. The fourth-order valence-electron chi connectivity index (χ4n) is 2.84. The highest BCUT2D eigenvalue weighted by Gasteiger charge is 2.27. The molecule has 1 aromatic heterocycles. The molecular formula is C15H16N4. The van der Waals surface area contributed by atoms with E-state index in [2.05, 4.69) is 21.4 Å². The summed E-state index contributed by atoms with van der Waals surface area (Å²) in [5, 5.41) is 13.9. The van der Waals surface area contributed by atoms with Gasteiger partial charge in [-0.15, -0.1) is 0 Å². The molecule has 1 aromatic carbocycles. The number of nitrogens with zero attached hydrogens (tertiary/aromatic N) is 3. The molecule has 2 aromatic rings. The van der Waals surface area contributed by atoms with E-state index < -0.39 is 0 Å². The summed E-state index contributed by atoms with van der Waals surface area (Å²) < 4.78 is 0. The second-order valence-electron chi connectivity index (χ2n) is 4.97. The molecule has 1 fully saturated rings. The number of para-hydroxylation sites is 1. The average Bonchev–Trinajstić information content (AvgIpc) is 2.49. The lowest BCUT2D eigenvalue weighted by Crippen LogP contribution is -2.30. The van der Waals surface area contributed by atoms with Gasteiger partial charge in [0.1, 0.15) is 6.33 Å². The van der Waals surface area contributed by atoms with E-state index in [4.69, 9.17) is 0 Å². The zero-order chi connectivity index (χ0) is 13.1. The first-order valence-corrected chi connectivity index (χ1v) is 6.70. The van der Waals surface area contributed by atoms with Crippen molar-refractivity contribution in [3.8, 4) is 6.07 Å². The Bertz CT molecular complexity index is 606. The van der Waals surface area contributed by atoms with Gasteiger partial charge in [-0.05, 0) is 37.9 Å². The Labute approximate surface area is 112 Å². The van der Waals surface area contributed by atoms with Crippen molar-refractivity contribution in [2.75, 3.05) is 13.1 Å². The van der Waals surface area contributed by atoms with Crippen molar-refractivity contribution in [2.45, 2.75) is 18.8 Å². The molecule has 2 heterocycles. The maximum Gasteiger partial charge on any atom is 0.116 e. The van der Waals surface area contributed by atoms with E-state index in [1.807, 2.05) is 24.3 Å². The number of piperidine rings is 1. The Morgan fingerprint density at radius 3 is 2.79 bits per heavy atom. The van der Waals surface area contributed by atoms with Gasteiger partial charge in [-0.25, -0.2) is 9.97 Å². The molecule has 1 unspecified atom stereocenters. The first-order valence-electron chi connectivity index (χ1n) is 6.70. The van der Waals surface area contributed by atoms with Crippen LogP contribution >= 0.6 is 0 Å². The molecule has 1 atom stereocenters. The largest absolute Gasteiger partial charge is 0.317 e. The summed E-state index contributed by atoms with van der Waals surface area (Å²) >= 11 is 0. The molecule has 0 bridgehead atoms. The van der Waals surface area contributed by atoms with Gasteiger partial charge >= 0.3 is 0 Å². The van der Waals surface area contributed by atoms with Crippen molar-refractivity contribution in [1.29, 1.82) is 5.26 Å². The highest BCUT2D eigenvalue weighted by molar-refractivity contribution is 5.81. The first-order chi connectivity index (χ1) is 9.40. The zero-order valence-corrected chi connectivity index (χ0v) is 10.7. The monoisotopic (exact) mass is 252 g/mol. The number of benzene rings is 1. The fraction of sp³-hybridized carbons (Fsp3) is 0.400. The summed E-state index contributed by atoms with van der Waals surface area (Å²) in [5.41, 5.74) is 1.81. The Kier molecular flexibility index (Phi) is 3.39. The average molecular weight is 252 g/mol. The van der Waals surface area contributed by atoms with Crippen molar-refractivity contribution < 1.29 is 0 Å². The molecule has 1 N–H and O–H groups in total. The van der Waals surface area contributed by atoms with Crippen LogP contribution in [0.15, 0.2) is 30.6 Å². The Balaban J connectivity index is 2.04. The first kappa shape index (κ1) is 12.1. The number of nitriles is 1. The number of nitrogens with one attached hydrogen (secondary N) is 1. The second kappa shape index (κ2) is 5.33. The third-order valence-corrected chi connectivity index (χ3v) is 3.86. The predicted molar refractivity (Wildman–Crippen MR) is 73.5 cm³/mol. The normalized spacial score (nSPS) is 18.1. The van der Waals surface area contributed by atoms with Gasteiger partial charge in [0.25, 0.3) is 0 Å². The number of rotatable bonds is 2. The van der Waals surface area contributed by atoms with E-state index >= 15 is 0 Å². The van der Waals surface area contributed by atoms with Crippen molar-refractivity contribution in [3.63, 3.8) is 0 Å². The van der Waals surface area contributed by atoms with Crippen LogP contribution < -0.4 is 5.32 Å². The van der Waals surface area contributed by atoms with E-state index in [1.54, 1.807) is 6.33 Å². The van der Waals surface area contributed by atoms with Crippen LogP contribution in [0.3, 0.4) is 0 Å². The van der Waals surface area contributed by atoms with Crippen LogP contribution in [-0.2, 0) is 0 Å². The molecule has 1 saturated heterocycles. The molecule has 19 heavy (non-hydrogen) atoms. The summed E-state index contributed by atoms with van der Waals surface area (Å²) in [4.78, 5) is 8.67. The molecular weight excluding hydrogens is 236 g/mol. The number of aromatic nitrogens is 2. The lowest BCUT2D eigenvalue weighted by atomic mass is 9.82. The van der Waals surface area contributed by atoms with Crippen molar-refractivity contribution >= 4 is 10.9 Å². The van der Waals surface area contributed by atoms with Crippen molar-refractivity contribution in [3.05, 3.63) is 36.3 Å². The minimum absolute atomic E-state index is 0.130. The maximum atomic E-state index is 9.56. The molecule has 1 aliphatic heterocycles. The highest BCUT2D eigenvalue weighted by Crippen LogP contribution is 2.32. The molecule has 0 amide bonds. The third kappa shape index (κ3) is 2.29. The molecule has 4 nitrogen and oxygen atoms in total. The van der Waals surface area contributed by atoms with Crippen LogP contribution in [0, 0.1) is 17.2 Å². The van der Waals surface area contributed by atoms with E-state index in [9.17, 15) is 5.26 Å². The number of hydrogen-bond donors (Lipinski definition) is 1. The summed E-state index contributed by atoms with van der Waals surface area (Å²) in [5.74, 6) is 0.263. The van der Waals surface area contributed by atoms with Gasteiger partial charge in [0.05, 0.1) is 23.2 Å². The topological polar surface area (TPSA) is 61.6 Å². The molecule has 96 valence electrons. The van der Waals surface area contributed by atoms with Gasteiger partial charge < -0.3 is 5.32 Å².